The predicted octanol–water partition coefficient (Wildman–Crippen LogP) is 14.7. The Hall–Kier alpha value is -4.62. The van der Waals surface area contributed by atoms with E-state index in [-0.39, 0.29) is 0 Å². The second-order valence-electron chi connectivity index (χ2n) is 15.5. The van der Waals surface area contributed by atoms with Crippen molar-refractivity contribution >= 4 is 49.4 Å². The zero-order valence-electron chi connectivity index (χ0n) is 30.1. The third-order valence-electron chi connectivity index (χ3n) is 12.4. The van der Waals surface area contributed by atoms with E-state index in [0.29, 0.717) is 11.8 Å². The Bertz CT molecular complexity index is 2320. The van der Waals surface area contributed by atoms with E-state index in [9.17, 15) is 0 Å². The Balaban J connectivity index is 1.23. The van der Waals surface area contributed by atoms with Crippen LogP contribution < -0.4 is 4.90 Å². The molecule has 0 bridgehead atoms. The van der Waals surface area contributed by atoms with Gasteiger partial charge in [-0.2, -0.15) is 0 Å². The van der Waals surface area contributed by atoms with Gasteiger partial charge in [-0.25, -0.2) is 0 Å². The highest BCUT2D eigenvalue weighted by atomic mass is 15.1. The molecular formula is C49H49N. The predicted molar refractivity (Wildman–Crippen MR) is 216 cm³/mol. The molecule has 2 fully saturated rings. The lowest BCUT2D eigenvalue weighted by Gasteiger charge is -2.32. The van der Waals surface area contributed by atoms with Crippen molar-refractivity contribution in [3.63, 3.8) is 0 Å². The second-order valence-corrected chi connectivity index (χ2v) is 15.5. The molecule has 2 saturated carbocycles. The molecule has 7 aromatic carbocycles. The smallest absolute Gasteiger partial charge is 0.0540 e. The summed E-state index contributed by atoms with van der Waals surface area (Å²) in [5.41, 5.74) is 13.5. The van der Waals surface area contributed by atoms with Gasteiger partial charge in [-0.1, -0.05) is 130 Å². The first-order valence-electron chi connectivity index (χ1n) is 19.3. The number of hydrogen-bond donors (Lipinski definition) is 0. The molecule has 2 aliphatic rings. The highest BCUT2D eigenvalue weighted by Gasteiger charge is 2.24. The Morgan fingerprint density at radius 1 is 0.440 bits per heavy atom. The van der Waals surface area contributed by atoms with Crippen molar-refractivity contribution < 1.29 is 0 Å². The summed E-state index contributed by atoms with van der Waals surface area (Å²) in [6, 6.07) is 42.3. The minimum Gasteiger partial charge on any atom is -0.309 e. The van der Waals surface area contributed by atoms with E-state index in [1.54, 1.807) is 0 Å². The maximum Gasteiger partial charge on any atom is 0.0540 e. The SMILES string of the molecule is Cc1cc(C2CCCCC2)ccc1-c1cccc(N(c2ccc(C3CCCCC3)cc2C)c2ccc3ccc4cccc5ccc2c3c45)c1C. The molecule has 0 N–H and O–H groups in total. The number of benzene rings is 7. The third-order valence-corrected chi connectivity index (χ3v) is 12.4. The van der Waals surface area contributed by atoms with Gasteiger partial charge in [0.2, 0.25) is 0 Å². The molecule has 7 aromatic rings. The van der Waals surface area contributed by atoms with Crippen molar-refractivity contribution in [3.05, 3.63) is 137 Å². The molecule has 2 aliphatic carbocycles. The summed E-state index contributed by atoms with van der Waals surface area (Å²) in [6.07, 6.45) is 13.5. The van der Waals surface area contributed by atoms with Crippen molar-refractivity contribution in [1.29, 1.82) is 0 Å². The van der Waals surface area contributed by atoms with Crippen LogP contribution in [-0.2, 0) is 0 Å². The molecule has 1 heteroatoms. The van der Waals surface area contributed by atoms with Crippen molar-refractivity contribution in [2.75, 3.05) is 4.90 Å². The monoisotopic (exact) mass is 651 g/mol. The fourth-order valence-corrected chi connectivity index (χ4v) is 9.76. The van der Waals surface area contributed by atoms with Crippen LogP contribution in [-0.4, -0.2) is 0 Å². The zero-order valence-corrected chi connectivity index (χ0v) is 30.1. The molecule has 50 heavy (non-hydrogen) atoms. The van der Waals surface area contributed by atoms with Gasteiger partial charge in [-0.15, -0.1) is 0 Å². The Kier molecular flexibility index (Phi) is 8.11. The van der Waals surface area contributed by atoms with Crippen molar-refractivity contribution in [2.24, 2.45) is 0 Å². The van der Waals surface area contributed by atoms with E-state index in [1.165, 1.54) is 153 Å². The molecule has 250 valence electrons. The number of nitrogens with zero attached hydrogens (tertiary/aromatic N) is 1. The lowest BCUT2D eigenvalue weighted by Crippen LogP contribution is -2.14. The molecule has 1 nitrogen and oxygen atoms in total. The van der Waals surface area contributed by atoms with Gasteiger partial charge in [0.05, 0.1) is 5.69 Å². The van der Waals surface area contributed by atoms with Crippen LogP contribution in [0.5, 0.6) is 0 Å². The topological polar surface area (TPSA) is 3.24 Å². The van der Waals surface area contributed by atoms with Gasteiger partial charge in [0.15, 0.2) is 0 Å². The molecule has 0 spiro atoms. The molecule has 9 rings (SSSR count). The van der Waals surface area contributed by atoms with Crippen LogP contribution in [0.3, 0.4) is 0 Å². The zero-order chi connectivity index (χ0) is 33.8. The molecule has 0 saturated heterocycles. The number of hydrogen-bond acceptors (Lipinski definition) is 1. The summed E-state index contributed by atoms with van der Waals surface area (Å²) in [5, 5.41) is 7.96. The highest BCUT2D eigenvalue weighted by Crippen LogP contribution is 2.47. The van der Waals surface area contributed by atoms with Gasteiger partial charge >= 0.3 is 0 Å². The highest BCUT2D eigenvalue weighted by molar-refractivity contribution is 6.25. The Morgan fingerprint density at radius 2 is 1.00 bits per heavy atom. The van der Waals surface area contributed by atoms with Gasteiger partial charge in [0, 0.05) is 16.8 Å². The van der Waals surface area contributed by atoms with E-state index in [0.717, 1.165) is 0 Å². The quantitative estimate of drug-likeness (QED) is 0.162. The number of rotatable bonds is 6. The van der Waals surface area contributed by atoms with E-state index in [2.05, 4.69) is 135 Å². The first-order valence-corrected chi connectivity index (χ1v) is 19.3. The van der Waals surface area contributed by atoms with Gasteiger partial charge in [-0.05, 0) is 142 Å². The van der Waals surface area contributed by atoms with Crippen LogP contribution in [0.1, 0.15) is 104 Å². The number of anilines is 3. The fraction of sp³-hybridized carbons (Fsp3) is 0.306. The standard InChI is InChI=1S/C49H49N/c1-32-30-40(35-12-6-4-7-13-35)23-26-42(32)43-18-11-19-46(34(43)3)50(45-28-25-41(31-33(45)2)36-14-8-5-9-15-36)47-29-24-39-21-20-37-16-10-17-38-22-27-44(47)49(39)48(37)38/h10-11,16-31,35-36H,4-9,12-15H2,1-3H3. The fourth-order valence-electron chi connectivity index (χ4n) is 9.76. The molecule has 0 atom stereocenters. The van der Waals surface area contributed by atoms with Gasteiger partial charge < -0.3 is 4.90 Å². The maximum atomic E-state index is 2.58. The van der Waals surface area contributed by atoms with Crippen LogP contribution >= 0.6 is 0 Å². The van der Waals surface area contributed by atoms with Crippen LogP contribution in [0.25, 0.3) is 43.4 Å². The molecular weight excluding hydrogens is 603 g/mol. The normalized spacial score (nSPS) is 16.1. The van der Waals surface area contributed by atoms with E-state index >= 15 is 0 Å². The van der Waals surface area contributed by atoms with Gasteiger partial charge in [0.25, 0.3) is 0 Å². The van der Waals surface area contributed by atoms with Gasteiger partial charge in [0.1, 0.15) is 0 Å². The molecule has 0 heterocycles. The summed E-state index contributed by atoms with van der Waals surface area (Å²) in [6.45, 7) is 6.99. The summed E-state index contributed by atoms with van der Waals surface area (Å²) >= 11 is 0. The summed E-state index contributed by atoms with van der Waals surface area (Å²) in [5.74, 6) is 1.40. The first-order chi connectivity index (χ1) is 24.5. The minimum absolute atomic E-state index is 0.684. The summed E-state index contributed by atoms with van der Waals surface area (Å²) < 4.78 is 0. The van der Waals surface area contributed by atoms with E-state index in [4.69, 9.17) is 0 Å². The second kappa shape index (κ2) is 12.9. The minimum atomic E-state index is 0.684. The molecule has 0 amide bonds. The van der Waals surface area contributed by atoms with E-state index in [1.807, 2.05) is 0 Å². The first kappa shape index (κ1) is 31.4. The average Bonchev–Trinajstić information content (AvgIpc) is 3.16. The number of aryl methyl sites for hydroxylation is 2. The van der Waals surface area contributed by atoms with Crippen molar-refractivity contribution in [1.82, 2.24) is 0 Å². The van der Waals surface area contributed by atoms with Crippen molar-refractivity contribution in [3.8, 4) is 11.1 Å². The largest absolute Gasteiger partial charge is 0.309 e. The molecule has 0 unspecified atom stereocenters. The lowest BCUT2D eigenvalue weighted by molar-refractivity contribution is 0.443. The molecule has 0 radical (unpaired) electrons. The van der Waals surface area contributed by atoms with Crippen molar-refractivity contribution in [2.45, 2.75) is 96.8 Å². The lowest BCUT2D eigenvalue weighted by atomic mass is 9.82. The summed E-state index contributed by atoms with van der Waals surface area (Å²) in [4.78, 5) is 2.58. The Morgan fingerprint density at radius 3 is 1.66 bits per heavy atom. The van der Waals surface area contributed by atoms with E-state index < -0.39 is 0 Å². The third kappa shape index (κ3) is 5.38. The van der Waals surface area contributed by atoms with Crippen LogP contribution in [0.2, 0.25) is 0 Å². The summed E-state index contributed by atoms with van der Waals surface area (Å²) in [7, 11) is 0. The molecule has 0 aromatic heterocycles. The molecule has 0 aliphatic heterocycles. The maximum absolute atomic E-state index is 2.58. The average molecular weight is 652 g/mol. The van der Waals surface area contributed by atoms with Gasteiger partial charge in [-0.3, -0.25) is 0 Å². The van der Waals surface area contributed by atoms with Crippen LogP contribution in [0.15, 0.2) is 109 Å². The van der Waals surface area contributed by atoms with Crippen LogP contribution in [0.4, 0.5) is 17.1 Å². The van der Waals surface area contributed by atoms with Crippen LogP contribution in [0, 0.1) is 20.8 Å². The Labute approximate surface area is 298 Å².